The molecule has 1 aliphatic heterocycles. The van der Waals surface area contributed by atoms with Gasteiger partial charge in [0.15, 0.2) is 16.1 Å². The number of aromatic nitrogens is 4. The van der Waals surface area contributed by atoms with Crippen LogP contribution in [0.1, 0.15) is 24.0 Å². The summed E-state index contributed by atoms with van der Waals surface area (Å²) in [7, 11) is 0. The molecule has 1 aromatic carbocycles. The van der Waals surface area contributed by atoms with Gasteiger partial charge in [-0.1, -0.05) is 0 Å². The lowest BCUT2D eigenvalue weighted by Gasteiger charge is -2.22. The van der Waals surface area contributed by atoms with Crippen molar-refractivity contribution in [1.29, 1.82) is 0 Å². The number of carbonyl (C=O) groups excluding carboxylic acids is 1. The van der Waals surface area contributed by atoms with Crippen molar-refractivity contribution in [1.82, 2.24) is 24.8 Å². The van der Waals surface area contributed by atoms with Gasteiger partial charge in [-0.2, -0.15) is 4.98 Å². The number of aliphatic carboxylic acids is 1. The monoisotopic (exact) mass is 511 g/mol. The van der Waals surface area contributed by atoms with Crippen LogP contribution < -0.4 is 4.74 Å². The van der Waals surface area contributed by atoms with E-state index in [-0.39, 0.29) is 12.5 Å². The van der Waals surface area contributed by atoms with E-state index < -0.39 is 12.0 Å². The average Bonchev–Trinajstić information content (AvgIpc) is 3.58. The van der Waals surface area contributed by atoms with Gasteiger partial charge in [0.05, 0.1) is 6.20 Å². The third-order valence-electron chi connectivity index (χ3n) is 5.62. The summed E-state index contributed by atoms with van der Waals surface area (Å²) in [6.07, 6.45) is 4.49. The zero-order valence-electron chi connectivity index (χ0n) is 18.9. The van der Waals surface area contributed by atoms with E-state index >= 15 is 0 Å². The predicted molar refractivity (Wildman–Crippen MR) is 129 cm³/mol. The largest absolute Gasteiger partial charge is 0.483 e. The molecule has 10 nitrogen and oxygen atoms in total. The van der Waals surface area contributed by atoms with E-state index in [9.17, 15) is 14.7 Å². The number of carboxylic acids is 1. The number of amides is 1. The summed E-state index contributed by atoms with van der Waals surface area (Å²) in [5.41, 5.74) is 3.28. The number of carbonyl (C=O) groups is 2. The molecule has 35 heavy (non-hydrogen) atoms. The molecule has 4 heterocycles. The number of carboxylic acid groups (broad SMARTS) is 1. The Labute approximate surface area is 208 Å². The van der Waals surface area contributed by atoms with Crippen LogP contribution in [-0.2, 0) is 9.59 Å². The highest BCUT2D eigenvalue weighted by Gasteiger charge is 2.34. The Balaban J connectivity index is 1.32. The van der Waals surface area contributed by atoms with Gasteiger partial charge >= 0.3 is 5.97 Å². The van der Waals surface area contributed by atoms with Gasteiger partial charge in [-0.3, -0.25) is 4.79 Å². The summed E-state index contributed by atoms with van der Waals surface area (Å²) in [6.45, 7) is 3.96. The minimum Gasteiger partial charge on any atom is -0.483 e. The predicted octanol–water partition coefficient (Wildman–Crippen LogP) is 3.96. The number of fused-ring (bicyclic) bond motifs is 1. The molecule has 3 aromatic heterocycles. The van der Waals surface area contributed by atoms with Gasteiger partial charge in [0.2, 0.25) is 5.89 Å². The molecular weight excluding hydrogens is 490 g/mol. The molecule has 1 N–H and O–H groups in total. The third-order valence-corrected chi connectivity index (χ3v) is 7.39. The molecule has 1 fully saturated rings. The Morgan fingerprint density at radius 3 is 2.77 bits per heavy atom. The van der Waals surface area contributed by atoms with Crippen molar-refractivity contribution < 1.29 is 23.8 Å². The van der Waals surface area contributed by atoms with Crippen LogP contribution in [0.2, 0.25) is 0 Å². The summed E-state index contributed by atoms with van der Waals surface area (Å²) in [4.78, 5) is 42.8. The fourth-order valence-corrected chi connectivity index (χ4v) is 5.52. The number of hydrogen-bond acceptors (Lipinski definition) is 10. The van der Waals surface area contributed by atoms with E-state index in [0.29, 0.717) is 47.4 Å². The van der Waals surface area contributed by atoms with Crippen molar-refractivity contribution >= 4 is 46.2 Å². The fraction of sp³-hybridized carbons (Fsp3) is 0.304. The molecule has 1 amide bonds. The molecule has 0 aliphatic carbocycles. The first-order valence-electron chi connectivity index (χ1n) is 10.9. The highest BCUT2D eigenvalue weighted by molar-refractivity contribution is 8.00. The van der Waals surface area contributed by atoms with E-state index in [1.807, 2.05) is 31.4 Å². The van der Waals surface area contributed by atoms with Gasteiger partial charge in [0.25, 0.3) is 11.6 Å². The molecule has 4 aromatic rings. The second-order valence-corrected chi connectivity index (χ2v) is 10.2. The van der Waals surface area contributed by atoms with Crippen LogP contribution in [0.3, 0.4) is 0 Å². The maximum atomic E-state index is 12.6. The molecule has 0 radical (unpaired) electrons. The van der Waals surface area contributed by atoms with E-state index in [4.69, 9.17) is 9.15 Å². The Morgan fingerprint density at radius 1 is 1.26 bits per heavy atom. The summed E-state index contributed by atoms with van der Waals surface area (Å²) in [5, 5.41) is 11.7. The number of likely N-dealkylation sites (tertiary alicyclic amines) is 1. The first-order valence-corrected chi connectivity index (χ1v) is 12.6. The van der Waals surface area contributed by atoms with Crippen LogP contribution in [0.5, 0.6) is 5.75 Å². The molecule has 1 aliphatic rings. The topological polar surface area (TPSA) is 132 Å². The van der Waals surface area contributed by atoms with E-state index in [1.54, 1.807) is 12.4 Å². The minimum atomic E-state index is -0.982. The van der Waals surface area contributed by atoms with Gasteiger partial charge in [-0.25, -0.2) is 19.7 Å². The highest BCUT2D eigenvalue weighted by atomic mass is 32.2. The van der Waals surface area contributed by atoms with Crippen LogP contribution in [0.4, 0.5) is 0 Å². The maximum Gasteiger partial charge on any atom is 0.326 e. The average molecular weight is 512 g/mol. The molecule has 1 saturated heterocycles. The molecule has 0 bridgehead atoms. The summed E-state index contributed by atoms with van der Waals surface area (Å²) >= 11 is 2.86. The second kappa shape index (κ2) is 9.62. The molecule has 1 atom stereocenters. The van der Waals surface area contributed by atoms with Gasteiger partial charge in [-0.15, -0.1) is 11.3 Å². The molecule has 12 heteroatoms. The number of oxazole rings is 1. The van der Waals surface area contributed by atoms with Gasteiger partial charge < -0.3 is 19.2 Å². The van der Waals surface area contributed by atoms with Crippen molar-refractivity contribution in [3.8, 4) is 17.2 Å². The maximum absolute atomic E-state index is 12.6. The molecule has 0 unspecified atom stereocenters. The number of aryl methyl sites for hydroxylation is 2. The van der Waals surface area contributed by atoms with Gasteiger partial charge in [-0.05, 0) is 61.7 Å². The number of nitrogens with zero attached hydrogens (tertiary/aromatic N) is 5. The number of benzene rings is 1. The lowest BCUT2D eigenvalue weighted by molar-refractivity contribution is -0.149. The molecule has 0 spiro atoms. The molecule has 5 rings (SSSR count). The summed E-state index contributed by atoms with van der Waals surface area (Å²) < 4.78 is 12.6. The Kier molecular flexibility index (Phi) is 6.39. The summed E-state index contributed by atoms with van der Waals surface area (Å²) in [5.74, 6) is -0.335. The van der Waals surface area contributed by atoms with Crippen LogP contribution in [0.15, 0.2) is 43.8 Å². The lowest BCUT2D eigenvalue weighted by Crippen LogP contribution is -2.42. The van der Waals surface area contributed by atoms with Crippen molar-refractivity contribution in [3.63, 3.8) is 0 Å². The second-order valence-electron chi connectivity index (χ2n) is 8.07. The molecule has 180 valence electrons. The summed E-state index contributed by atoms with van der Waals surface area (Å²) in [6, 6.07) is 2.96. The fourth-order valence-electron chi connectivity index (χ4n) is 4.07. The lowest BCUT2D eigenvalue weighted by atomic mass is 10.1. The van der Waals surface area contributed by atoms with E-state index in [1.165, 1.54) is 28.0 Å². The SMILES string of the molecule is Cc1cc(-c2nc3cnc(Sc4nccs4)nc3o2)cc(C)c1OCC(=O)N1CCC[C@H]1C(=O)O. The quantitative estimate of drug-likeness (QED) is 0.364. The van der Waals surface area contributed by atoms with Crippen LogP contribution in [0.25, 0.3) is 22.7 Å². The third kappa shape index (κ3) is 4.84. The van der Waals surface area contributed by atoms with Gasteiger partial charge in [0, 0.05) is 23.7 Å². The van der Waals surface area contributed by atoms with Crippen LogP contribution in [-0.4, -0.2) is 61.0 Å². The highest BCUT2D eigenvalue weighted by Crippen LogP contribution is 2.32. The van der Waals surface area contributed by atoms with Crippen molar-refractivity contribution in [3.05, 3.63) is 41.0 Å². The van der Waals surface area contributed by atoms with Crippen molar-refractivity contribution in [2.45, 2.75) is 42.2 Å². The zero-order valence-corrected chi connectivity index (χ0v) is 20.6. The molecule has 0 saturated carbocycles. The number of ether oxygens (including phenoxy) is 1. The number of rotatable bonds is 7. The van der Waals surface area contributed by atoms with E-state index in [0.717, 1.165) is 21.0 Å². The van der Waals surface area contributed by atoms with E-state index in [2.05, 4.69) is 19.9 Å². The Bertz CT molecular complexity index is 1380. The standard InChI is InChI=1S/C23H21N5O5S2/c1-12-8-14(9-13(2)18(12)32-11-17(29)28-6-3-4-16(28)21(30)31)19-26-15-10-25-22(27-20(15)33-19)35-23-24-5-7-34-23/h5,7-10,16H,3-4,6,11H2,1-2H3,(H,30,31)/t16-/m0/s1. The number of thiazole rings is 1. The van der Waals surface area contributed by atoms with Crippen molar-refractivity contribution in [2.24, 2.45) is 0 Å². The van der Waals surface area contributed by atoms with Crippen LogP contribution >= 0.6 is 23.1 Å². The normalized spacial score (nSPS) is 15.6. The Hall–Kier alpha value is -3.51. The zero-order chi connectivity index (χ0) is 24.5. The molecular formula is C23H21N5O5S2. The van der Waals surface area contributed by atoms with Crippen molar-refractivity contribution in [2.75, 3.05) is 13.2 Å². The van der Waals surface area contributed by atoms with Crippen LogP contribution in [0, 0.1) is 13.8 Å². The first-order chi connectivity index (χ1) is 16.9. The minimum absolute atomic E-state index is 0.219. The Morgan fingerprint density at radius 2 is 2.06 bits per heavy atom. The van der Waals surface area contributed by atoms with Gasteiger partial charge in [0.1, 0.15) is 17.3 Å². The smallest absolute Gasteiger partial charge is 0.326 e. The first kappa shape index (κ1) is 23.2. The number of hydrogen-bond donors (Lipinski definition) is 1.